The van der Waals surface area contributed by atoms with Crippen molar-refractivity contribution in [3.05, 3.63) is 41.7 Å². The van der Waals surface area contributed by atoms with Crippen LogP contribution in [0.25, 0.3) is 6.08 Å². The van der Waals surface area contributed by atoms with Gasteiger partial charge in [0.15, 0.2) is 0 Å². The SMILES string of the molecule is COC(=O)CCC/C=C/c1cccc(F)c1. The summed E-state index contributed by atoms with van der Waals surface area (Å²) in [5, 5.41) is 0. The van der Waals surface area contributed by atoms with Gasteiger partial charge in [0.25, 0.3) is 0 Å². The molecule has 0 aliphatic carbocycles. The van der Waals surface area contributed by atoms with E-state index in [4.69, 9.17) is 0 Å². The van der Waals surface area contributed by atoms with Crippen LogP contribution in [-0.2, 0) is 9.53 Å². The maximum atomic E-state index is 12.8. The van der Waals surface area contributed by atoms with Gasteiger partial charge in [-0.05, 0) is 30.5 Å². The summed E-state index contributed by atoms with van der Waals surface area (Å²) in [6.45, 7) is 0. The molecule has 16 heavy (non-hydrogen) atoms. The highest BCUT2D eigenvalue weighted by atomic mass is 19.1. The first-order chi connectivity index (χ1) is 7.72. The summed E-state index contributed by atoms with van der Waals surface area (Å²) in [4.78, 5) is 10.8. The molecule has 0 fully saturated rings. The predicted octanol–water partition coefficient (Wildman–Crippen LogP) is 3.18. The van der Waals surface area contributed by atoms with Crippen LogP contribution in [0.1, 0.15) is 24.8 Å². The van der Waals surface area contributed by atoms with E-state index in [-0.39, 0.29) is 11.8 Å². The van der Waals surface area contributed by atoms with Crippen molar-refractivity contribution in [1.29, 1.82) is 0 Å². The van der Waals surface area contributed by atoms with E-state index in [1.165, 1.54) is 19.2 Å². The number of halogens is 1. The molecule has 0 heterocycles. The number of ether oxygens (including phenoxy) is 1. The Morgan fingerprint density at radius 3 is 3.00 bits per heavy atom. The third-order valence-electron chi connectivity index (χ3n) is 2.14. The van der Waals surface area contributed by atoms with Crippen molar-refractivity contribution in [2.75, 3.05) is 7.11 Å². The molecule has 0 N–H and O–H groups in total. The summed E-state index contributed by atoms with van der Waals surface area (Å²) < 4.78 is 17.3. The van der Waals surface area contributed by atoms with Crippen molar-refractivity contribution < 1.29 is 13.9 Å². The summed E-state index contributed by atoms with van der Waals surface area (Å²) in [5.74, 6) is -0.434. The molecular formula is C13H15FO2. The first kappa shape index (κ1) is 12.4. The quantitative estimate of drug-likeness (QED) is 0.565. The number of esters is 1. The normalized spacial score (nSPS) is 10.6. The summed E-state index contributed by atoms with van der Waals surface area (Å²) in [6, 6.07) is 6.38. The molecule has 0 aliphatic heterocycles. The van der Waals surface area contributed by atoms with Gasteiger partial charge in [0.05, 0.1) is 7.11 Å². The first-order valence-electron chi connectivity index (χ1n) is 5.21. The fourth-order valence-corrected chi connectivity index (χ4v) is 1.30. The van der Waals surface area contributed by atoms with E-state index in [0.29, 0.717) is 6.42 Å². The molecular weight excluding hydrogens is 207 g/mol. The standard InChI is InChI=1S/C13H15FO2/c1-16-13(15)9-4-2-3-6-11-7-5-8-12(14)10-11/h3,5-8,10H,2,4,9H2,1H3/b6-3+. The van der Waals surface area contributed by atoms with Crippen LogP contribution in [0.2, 0.25) is 0 Å². The van der Waals surface area contributed by atoms with E-state index in [0.717, 1.165) is 18.4 Å². The van der Waals surface area contributed by atoms with Crippen LogP contribution >= 0.6 is 0 Å². The Hall–Kier alpha value is -1.64. The van der Waals surface area contributed by atoms with E-state index in [1.54, 1.807) is 6.07 Å². The molecule has 0 saturated carbocycles. The molecule has 2 nitrogen and oxygen atoms in total. The number of allylic oxidation sites excluding steroid dienone is 1. The molecule has 3 heteroatoms. The zero-order valence-electron chi connectivity index (χ0n) is 9.28. The fraction of sp³-hybridized carbons (Fsp3) is 0.308. The lowest BCUT2D eigenvalue weighted by molar-refractivity contribution is -0.140. The second-order valence-corrected chi connectivity index (χ2v) is 3.43. The third kappa shape index (κ3) is 4.73. The van der Waals surface area contributed by atoms with Crippen LogP contribution in [0.15, 0.2) is 30.3 Å². The molecule has 0 unspecified atom stereocenters. The van der Waals surface area contributed by atoms with Gasteiger partial charge in [-0.15, -0.1) is 0 Å². The van der Waals surface area contributed by atoms with Gasteiger partial charge in [0.2, 0.25) is 0 Å². The Morgan fingerprint density at radius 2 is 2.31 bits per heavy atom. The van der Waals surface area contributed by atoms with Crippen molar-refractivity contribution in [2.24, 2.45) is 0 Å². The average molecular weight is 222 g/mol. The van der Waals surface area contributed by atoms with Crippen molar-refractivity contribution in [1.82, 2.24) is 0 Å². The maximum Gasteiger partial charge on any atom is 0.305 e. The van der Waals surface area contributed by atoms with Crippen LogP contribution in [0.3, 0.4) is 0 Å². The number of hydrogen-bond donors (Lipinski definition) is 0. The van der Waals surface area contributed by atoms with Crippen LogP contribution in [0.4, 0.5) is 4.39 Å². The monoisotopic (exact) mass is 222 g/mol. The van der Waals surface area contributed by atoms with Gasteiger partial charge >= 0.3 is 5.97 Å². The summed E-state index contributed by atoms with van der Waals surface area (Å²) in [6.07, 6.45) is 5.73. The van der Waals surface area contributed by atoms with Gasteiger partial charge in [0, 0.05) is 6.42 Å². The summed E-state index contributed by atoms with van der Waals surface area (Å²) >= 11 is 0. The Bertz CT molecular complexity index is 372. The van der Waals surface area contributed by atoms with Crippen LogP contribution < -0.4 is 0 Å². The smallest absolute Gasteiger partial charge is 0.305 e. The molecule has 0 amide bonds. The molecule has 0 spiro atoms. The number of benzene rings is 1. The second kappa shape index (κ2) is 6.77. The van der Waals surface area contributed by atoms with Crippen molar-refractivity contribution in [2.45, 2.75) is 19.3 Å². The Kier molecular flexibility index (Phi) is 5.26. The minimum absolute atomic E-state index is 0.195. The fourth-order valence-electron chi connectivity index (χ4n) is 1.30. The summed E-state index contributed by atoms with van der Waals surface area (Å²) in [7, 11) is 1.38. The second-order valence-electron chi connectivity index (χ2n) is 3.43. The Morgan fingerprint density at radius 1 is 1.50 bits per heavy atom. The molecule has 1 aromatic carbocycles. The largest absolute Gasteiger partial charge is 0.469 e. The highest BCUT2D eigenvalue weighted by Crippen LogP contribution is 2.07. The first-order valence-corrected chi connectivity index (χ1v) is 5.21. The number of rotatable bonds is 5. The van der Waals surface area contributed by atoms with Gasteiger partial charge in [-0.3, -0.25) is 4.79 Å². The number of carbonyl (C=O) groups excluding carboxylic acids is 1. The third-order valence-corrected chi connectivity index (χ3v) is 2.14. The minimum Gasteiger partial charge on any atom is -0.469 e. The molecule has 0 radical (unpaired) electrons. The van der Waals surface area contributed by atoms with E-state index < -0.39 is 0 Å². The van der Waals surface area contributed by atoms with E-state index in [2.05, 4.69) is 4.74 Å². The van der Waals surface area contributed by atoms with Crippen molar-refractivity contribution in [3.63, 3.8) is 0 Å². The number of carbonyl (C=O) groups is 1. The zero-order valence-corrected chi connectivity index (χ0v) is 9.28. The van der Waals surface area contributed by atoms with Gasteiger partial charge in [-0.1, -0.05) is 24.3 Å². The minimum atomic E-state index is -0.239. The van der Waals surface area contributed by atoms with Gasteiger partial charge in [0.1, 0.15) is 5.82 Å². The molecule has 0 aromatic heterocycles. The number of unbranched alkanes of at least 4 members (excludes halogenated alkanes) is 1. The molecule has 0 saturated heterocycles. The summed E-state index contributed by atoms with van der Waals surface area (Å²) in [5.41, 5.74) is 0.832. The van der Waals surface area contributed by atoms with E-state index >= 15 is 0 Å². The highest BCUT2D eigenvalue weighted by Gasteiger charge is 1.97. The zero-order chi connectivity index (χ0) is 11.8. The molecule has 0 aliphatic rings. The van der Waals surface area contributed by atoms with Gasteiger partial charge in [-0.2, -0.15) is 0 Å². The topological polar surface area (TPSA) is 26.3 Å². The number of hydrogen-bond acceptors (Lipinski definition) is 2. The Balaban J connectivity index is 2.30. The van der Waals surface area contributed by atoms with E-state index in [1.807, 2.05) is 18.2 Å². The van der Waals surface area contributed by atoms with Crippen LogP contribution in [0, 0.1) is 5.82 Å². The lowest BCUT2D eigenvalue weighted by Gasteiger charge is -1.96. The van der Waals surface area contributed by atoms with Crippen LogP contribution in [-0.4, -0.2) is 13.1 Å². The van der Waals surface area contributed by atoms with Crippen LogP contribution in [0.5, 0.6) is 0 Å². The van der Waals surface area contributed by atoms with Gasteiger partial charge < -0.3 is 4.74 Å². The van der Waals surface area contributed by atoms with E-state index in [9.17, 15) is 9.18 Å². The average Bonchev–Trinajstić information content (AvgIpc) is 2.28. The molecule has 0 bridgehead atoms. The molecule has 0 atom stereocenters. The predicted molar refractivity (Wildman–Crippen MR) is 61.3 cm³/mol. The molecule has 86 valence electrons. The highest BCUT2D eigenvalue weighted by molar-refractivity contribution is 5.69. The van der Waals surface area contributed by atoms with Crippen molar-refractivity contribution in [3.8, 4) is 0 Å². The lowest BCUT2D eigenvalue weighted by atomic mass is 10.1. The maximum absolute atomic E-state index is 12.8. The van der Waals surface area contributed by atoms with Crippen molar-refractivity contribution >= 4 is 12.0 Å². The Labute approximate surface area is 94.7 Å². The van der Waals surface area contributed by atoms with Gasteiger partial charge in [-0.25, -0.2) is 4.39 Å². The molecule has 1 aromatic rings. The molecule has 1 rings (SSSR count). The number of methoxy groups -OCH3 is 1. The lowest BCUT2D eigenvalue weighted by Crippen LogP contribution is -1.98.